The number of anilines is 1. The van der Waals surface area contributed by atoms with E-state index in [0.29, 0.717) is 5.13 Å². The Bertz CT molecular complexity index is 1150. The molecule has 0 unspecified atom stereocenters. The number of fused-ring (bicyclic) bond motifs is 3. The van der Waals surface area contributed by atoms with Crippen molar-refractivity contribution < 1.29 is 13.2 Å². The summed E-state index contributed by atoms with van der Waals surface area (Å²) < 4.78 is 33.3. The number of nitrogens with one attached hydrogen (secondary N) is 1. The third-order valence-corrected chi connectivity index (χ3v) is 6.22. The molecule has 0 fully saturated rings. The molecule has 5 rings (SSSR count). The predicted molar refractivity (Wildman–Crippen MR) is 120 cm³/mol. The number of rotatable bonds is 4. The lowest BCUT2D eigenvalue weighted by Crippen LogP contribution is -2.04. The number of aryl methyl sites for hydroxylation is 1. The molecule has 2 aromatic heterocycles. The Morgan fingerprint density at radius 1 is 1.03 bits per heavy atom. The highest BCUT2D eigenvalue weighted by Gasteiger charge is 2.22. The van der Waals surface area contributed by atoms with Crippen molar-refractivity contribution in [3.8, 4) is 21.8 Å². The second-order valence-corrected chi connectivity index (χ2v) is 7.90. The number of nitrogens with zero attached hydrogens (tertiary/aromatic N) is 2. The van der Waals surface area contributed by atoms with Crippen LogP contribution in [0.1, 0.15) is 37.1 Å². The first-order chi connectivity index (χ1) is 15.2. The molecule has 0 amide bonds. The van der Waals surface area contributed by atoms with Crippen molar-refractivity contribution in [3.05, 3.63) is 77.4 Å². The maximum Gasteiger partial charge on any atom is 0.183 e. The standard InChI is InChI=1S/C22H17F2N3OS.C2H6/c23-17-7-3-8-18(24)16(17)10-26-22-27-19-9-2-4-13-14(20-11-25-12-28-20)5-1-6-15(13)21(19)29-22;1-2/h1,3,5-8,11-12H,2,4,9-10H2,(H,26,27);1-2H3. The number of benzene rings is 2. The van der Waals surface area contributed by atoms with Crippen molar-refractivity contribution in [2.24, 2.45) is 0 Å². The molecule has 7 heteroatoms. The molecule has 160 valence electrons. The molecule has 0 bridgehead atoms. The van der Waals surface area contributed by atoms with Crippen LogP contribution in [0.3, 0.4) is 0 Å². The van der Waals surface area contributed by atoms with Crippen LogP contribution in [0, 0.1) is 11.6 Å². The van der Waals surface area contributed by atoms with Gasteiger partial charge >= 0.3 is 0 Å². The van der Waals surface area contributed by atoms with E-state index in [2.05, 4.69) is 16.4 Å². The van der Waals surface area contributed by atoms with Crippen molar-refractivity contribution in [2.45, 2.75) is 39.7 Å². The van der Waals surface area contributed by atoms with E-state index in [1.807, 2.05) is 26.0 Å². The van der Waals surface area contributed by atoms with Crippen molar-refractivity contribution in [3.63, 3.8) is 0 Å². The molecule has 2 aromatic carbocycles. The summed E-state index contributed by atoms with van der Waals surface area (Å²) in [6.45, 7) is 4.05. The summed E-state index contributed by atoms with van der Waals surface area (Å²) >= 11 is 1.51. The number of aromatic nitrogens is 2. The van der Waals surface area contributed by atoms with Gasteiger partial charge in [-0.1, -0.05) is 49.4 Å². The zero-order chi connectivity index (χ0) is 21.8. The van der Waals surface area contributed by atoms with Gasteiger partial charge in [-0.2, -0.15) is 0 Å². The largest absolute Gasteiger partial charge is 0.444 e. The third kappa shape index (κ3) is 4.23. The van der Waals surface area contributed by atoms with Gasteiger partial charge in [0.25, 0.3) is 0 Å². The van der Waals surface area contributed by atoms with E-state index in [-0.39, 0.29) is 12.1 Å². The van der Waals surface area contributed by atoms with E-state index in [9.17, 15) is 8.78 Å². The van der Waals surface area contributed by atoms with Gasteiger partial charge in [-0.15, -0.1) is 0 Å². The van der Waals surface area contributed by atoms with E-state index in [1.165, 1.54) is 41.5 Å². The zero-order valence-electron chi connectivity index (χ0n) is 17.4. The van der Waals surface area contributed by atoms with Gasteiger partial charge in [0.2, 0.25) is 0 Å². The molecule has 1 aliphatic rings. The van der Waals surface area contributed by atoms with E-state index in [0.717, 1.165) is 46.7 Å². The number of halogens is 2. The maximum absolute atomic E-state index is 13.9. The van der Waals surface area contributed by atoms with Crippen molar-refractivity contribution in [1.82, 2.24) is 9.97 Å². The summed E-state index contributed by atoms with van der Waals surface area (Å²) in [5, 5.41) is 3.75. The van der Waals surface area contributed by atoms with Gasteiger partial charge in [0.05, 0.1) is 16.8 Å². The molecule has 1 N–H and O–H groups in total. The molecule has 0 spiro atoms. The Kier molecular flexibility index (Phi) is 6.42. The number of hydrogen-bond acceptors (Lipinski definition) is 5. The Balaban J connectivity index is 0.00000112. The number of thiazole rings is 1. The highest BCUT2D eigenvalue weighted by atomic mass is 32.1. The molecule has 0 radical (unpaired) electrons. The van der Waals surface area contributed by atoms with Crippen LogP contribution >= 0.6 is 11.3 Å². The van der Waals surface area contributed by atoms with Crippen LogP contribution < -0.4 is 5.32 Å². The lowest BCUT2D eigenvalue weighted by molar-refractivity contribution is 0.560. The maximum atomic E-state index is 13.9. The molecule has 0 atom stereocenters. The first-order valence-electron chi connectivity index (χ1n) is 10.4. The smallest absolute Gasteiger partial charge is 0.183 e. The van der Waals surface area contributed by atoms with E-state index < -0.39 is 11.6 Å². The van der Waals surface area contributed by atoms with Gasteiger partial charge in [-0.25, -0.2) is 18.7 Å². The lowest BCUT2D eigenvalue weighted by Gasteiger charge is -2.10. The lowest BCUT2D eigenvalue weighted by atomic mass is 9.96. The predicted octanol–water partition coefficient (Wildman–Crippen LogP) is 6.87. The highest BCUT2D eigenvalue weighted by Crippen LogP contribution is 2.42. The Morgan fingerprint density at radius 3 is 2.52 bits per heavy atom. The first kappa shape index (κ1) is 21.2. The van der Waals surface area contributed by atoms with E-state index in [1.54, 1.807) is 6.20 Å². The van der Waals surface area contributed by atoms with Crippen LogP contribution in [0.2, 0.25) is 0 Å². The van der Waals surface area contributed by atoms with Crippen LogP contribution in [0.15, 0.2) is 53.4 Å². The summed E-state index contributed by atoms with van der Waals surface area (Å²) in [6, 6.07) is 10.0. The van der Waals surface area contributed by atoms with Gasteiger partial charge in [0.1, 0.15) is 11.6 Å². The summed E-state index contributed by atoms with van der Waals surface area (Å²) in [7, 11) is 0. The molecule has 0 saturated carbocycles. The summed E-state index contributed by atoms with van der Waals surface area (Å²) in [6.07, 6.45) is 5.91. The minimum Gasteiger partial charge on any atom is -0.444 e. The van der Waals surface area contributed by atoms with Gasteiger partial charge in [-0.3, -0.25) is 0 Å². The highest BCUT2D eigenvalue weighted by molar-refractivity contribution is 7.19. The summed E-state index contributed by atoms with van der Waals surface area (Å²) in [5.74, 6) is -0.362. The first-order valence-corrected chi connectivity index (χ1v) is 11.2. The molecular weight excluding hydrogens is 416 g/mol. The van der Waals surface area contributed by atoms with Crippen molar-refractivity contribution in [1.29, 1.82) is 0 Å². The Morgan fingerprint density at radius 2 is 1.77 bits per heavy atom. The SMILES string of the molecule is CC.Fc1cccc(F)c1CNc1nc2c(s1)-c1cccc(-c3cnco3)c1CCC2. The molecular formula is C24H23F2N3OS. The third-order valence-electron chi connectivity index (χ3n) is 5.13. The summed E-state index contributed by atoms with van der Waals surface area (Å²) in [5.41, 5.74) is 4.43. The molecule has 4 nitrogen and oxygen atoms in total. The van der Waals surface area contributed by atoms with Crippen LogP contribution in [-0.2, 0) is 19.4 Å². The fourth-order valence-electron chi connectivity index (χ4n) is 3.75. The average Bonchev–Trinajstić information content (AvgIpc) is 3.42. The molecule has 1 aliphatic carbocycles. The van der Waals surface area contributed by atoms with Crippen LogP contribution in [0.5, 0.6) is 0 Å². The molecule has 4 aromatic rings. The number of hydrogen-bond donors (Lipinski definition) is 1. The molecule has 0 aliphatic heterocycles. The van der Waals surface area contributed by atoms with Crippen molar-refractivity contribution >= 4 is 16.5 Å². The fraction of sp³-hybridized carbons (Fsp3) is 0.250. The average molecular weight is 440 g/mol. The second-order valence-electron chi connectivity index (χ2n) is 6.90. The molecule has 31 heavy (non-hydrogen) atoms. The number of oxazole rings is 1. The molecule has 2 heterocycles. The Labute approximate surface area is 184 Å². The normalized spacial score (nSPS) is 12.3. The van der Waals surface area contributed by atoms with Crippen LogP contribution in [0.4, 0.5) is 13.9 Å². The van der Waals surface area contributed by atoms with E-state index >= 15 is 0 Å². The monoisotopic (exact) mass is 439 g/mol. The Hall–Kier alpha value is -3.06. The van der Waals surface area contributed by atoms with Crippen molar-refractivity contribution in [2.75, 3.05) is 5.32 Å². The minimum absolute atomic E-state index is 0.0194. The van der Waals surface area contributed by atoms with Crippen LogP contribution in [-0.4, -0.2) is 9.97 Å². The topological polar surface area (TPSA) is 51.0 Å². The molecule has 0 saturated heterocycles. The van der Waals surface area contributed by atoms with Gasteiger partial charge in [-0.05, 0) is 42.5 Å². The van der Waals surface area contributed by atoms with Gasteiger partial charge in [0, 0.05) is 17.7 Å². The van der Waals surface area contributed by atoms with Gasteiger partial charge < -0.3 is 9.73 Å². The quantitative estimate of drug-likeness (QED) is 0.377. The van der Waals surface area contributed by atoms with E-state index in [4.69, 9.17) is 9.40 Å². The van der Waals surface area contributed by atoms with Crippen LogP contribution in [0.25, 0.3) is 21.8 Å². The minimum atomic E-state index is -0.558. The fourth-order valence-corrected chi connectivity index (χ4v) is 4.81. The second kappa shape index (κ2) is 9.39. The summed E-state index contributed by atoms with van der Waals surface area (Å²) in [4.78, 5) is 9.84. The van der Waals surface area contributed by atoms with Gasteiger partial charge in [0.15, 0.2) is 17.3 Å². The zero-order valence-corrected chi connectivity index (χ0v) is 18.2.